The number of rotatable bonds is 3. The summed E-state index contributed by atoms with van der Waals surface area (Å²) in [5, 5.41) is 18.2. The van der Waals surface area contributed by atoms with Gasteiger partial charge in [-0.05, 0) is 0 Å². The SMILES string of the molecule is NC(=O)C(O)C(O)c1c(F)c(F)cc(F)c1F. The second-order valence-corrected chi connectivity index (χ2v) is 3.17. The van der Waals surface area contributed by atoms with E-state index in [9.17, 15) is 27.5 Å². The van der Waals surface area contributed by atoms with Crippen molar-refractivity contribution < 1.29 is 32.6 Å². The van der Waals surface area contributed by atoms with Crippen LogP contribution in [0.1, 0.15) is 11.7 Å². The summed E-state index contributed by atoms with van der Waals surface area (Å²) in [4.78, 5) is 10.5. The zero-order valence-corrected chi connectivity index (χ0v) is 8.12. The van der Waals surface area contributed by atoms with E-state index in [4.69, 9.17) is 5.11 Å². The lowest BCUT2D eigenvalue weighted by Gasteiger charge is -2.16. The quantitative estimate of drug-likeness (QED) is 0.528. The highest BCUT2D eigenvalue weighted by molar-refractivity contribution is 5.79. The molecule has 0 fully saturated rings. The fraction of sp³-hybridized carbons (Fsp3) is 0.222. The number of carbonyl (C=O) groups is 1. The van der Waals surface area contributed by atoms with E-state index in [-0.39, 0.29) is 6.07 Å². The number of nitrogens with two attached hydrogens (primary N) is 1. The number of benzene rings is 1. The first-order valence-corrected chi connectivity index (χ1v) is 4.25. The zero-order chi connectivity index (χ0) is 13.3. The van der Waals surface area contributed by atoms with Gasteiger partial charge in [0, 0.05) is 6.07 Å². The molecule has 0 saturated heterocycles. The predicted octanol–water partition coefficient (Wildman–Crippen LogP) is 0.123. The van der Waals surface area contributed by atoms with Crippen LogP contribution in [0.15, 0.2) is 6.07 Å². The van der Waals surface area contributed by atoms with E-state index in [1.165, 1.54) is 0 Å². The topological polar surface area (TPSA) is 83.6 Å². The Balaban J connectivity index is 3.35. The summed E-state index contributed by atoms with van der Waals surface area (Å²) in [7, 11) is 0. The third-order valence-corrected chi connectivity index (χ3v) is 2.03. The molecule has 4 N–H and O–H groups in total. The van der Waals surface area contributed by atoms with E-state index in [1.54, 1.807) is 0 Å². The van der Waals surface area contributed by atoms with Crippen LogP contribution in [0.5, 0.6) is 0 Å². The highest BCUT2D eigenvalue weighted by atomic mass is 19.2. The van der Waals surface area contributed by atoms with Crippen LogP contribution in [0.25, 0.3) is 0 Å². The summed E-state index contributed by atoms with van der Waals surface area (Å²) in [5.41, 5.74) is 3.08. The molecule has 0 heterocycles. The number of aliphatic hydroxyl groups is 2. The molecule has 17 heavy (non-hydrogen) atoms. The molecule has 1 amide bonds. The highest BCUT2D eigenvalue weighted by Crippen LogP contribution is 2.27. The van der Waals surface area contributed by atoms with Crippen LogP contribution in [0, 0.1) is 23.3 Å². The van der Waals surface area contributed by atoms with E-state index < -0.39 is 46.9 Å². The van der Waals surface area contributed by atoms with Gasteiger partial charge in [-0.15, -0.1) is 0 Å². The van der Waals surface area contributed by atoms with Gasteiger partial charge in [-0.25, -0.2) is 17.6 Å². The number of amides is 1. The molecule has 2 atom stereocenters. The normalized spacial score (nSPS) is 14.5. The summed E-state index contributed by atoms with van der Waals surface area (Å²) < 4.78 is 51.7. The monoisotopic (exact) mass is 253 g/mol. The van der Waals surface area contributed by atoms with Gasteiger partial charge in [0.05, 0.1) is 5.56 Å². The van der Waals surface area contributed by atoms with Crippen molar-refractivity contribution in [3.63, 3.8) is 0 Å². The first kappa shape index (κ1) is 13.4. The molecular formula is C9H7F4NO3. The van der Waals surface area contributed by atoms with Crippen LogP contribution in [-0.4, -0.2) is 22.2 Å². The first-order valence-electron chi connectivity index (χ1n) is 4.25. The molecule has 0 spiro atoms. The van der Waals surface area contributed by atoms with Gasteiger partial charge in [-0.1, -0.05) is 0 Å². The summed E-state index contributed by atoms with van der Waals surface area (Å²) in [6, 6.07) is -0.0719. The second-order valence-electron chi connectivity index (χ2n) is 3.17. The average Bonchev–Trinajstić information content (AvgIpc) is 2.25. The van der Waals surface area contributed by atoms with Gasteiger partial charge in [0.25, 0.3) is 0 Å². The number of carbonyl (C=O) groups excluding carboxylic acids is 1. The Morgan fingerprint density at radius 2 is 1.53 bits per heavy atom. The summed E-state index contributed by atoms with van der Waals surface area (Å²) in [6.07, 6.45) is -4.89. The minimum atomic E-state index is -2.50. The Labute approximate surface area is 92.3 Å². The third-order valence-electron chi connectivity index (χ3n) is 2.03. The molecule has 8 heteroatoms. The van der Waals surface area contributed by atoms with Gasteiger partial charge in [-0.2, -0.15) is 0 Å². The number of hydrogen-bond acceptors (Lipinski definition) is 3. The van der Waals surface area contributed by atoms with Crippen molar-refractivity contribution in [2.24, 2.45) is 5.73 Å². The minimum absolute atomic E-state index is 0.0719. The van der Waals surface area contributed by atoms with E-state index in [2.05, 4.69) is 5.73 Å². The van der Waals surface area contributed by atoms with Crippen molar-refractivity contribution in [2.75, 3.05) is 0 Å². The lowest BCUT2D eigenvalue weighted by molar-refractivity contribution is -0.132. The van der Waals surface area contributed by atoms with Crippen molar-refractivity contribution in [2.45, 2.75) is 12.2 Å². The minimum Gasteiger partial charge on any atom is -0.385 e. The molecule has 0 bridgehead atoms. The van der Waals surface area contributed by atoms with Crippen LogP contribution in [0.3, 0.4) is 0 Å². The van der Waals surface area contributed by atoms with Crippen molar-refractivity contribution in [3.05, 3.63) is 34.9 Å². The molecule has 0 saturated carbocycles. The smallest absolute Gasteiger partial charge is 0.249 e. The van der Waals surface area contributed by atoms with Crippen molar-refractivity contribution >= 4 is 5.91 Å². The molecule has 1 rings (SSSR count). The zero-order valence-electron chi connectivity index (χ0n) is 8.12. The van der Waals surface area contributed by atoms with Gasteiger partial charge in [-0.3, -0.25) is 4.79 Å². The van der Waals surface area contributed by atoms with Gasteiger partial charge in [0.15, 0.2) is 29.4 Å². The van der Waals surface area contributed by atoms with E-state index in [0.717, 1.165) is 0 Å². The third kappa shape index (κ3) is 2.37. The summed E-state index contributed by atoms with van der Waals surface area (Å²) in [6.45, 7) is 0. The Bertz CT molecular complexity index is 440. The van der Waals surface area contributed by atoms with Crippen molar-refractivity contribution in [3.8, 4) is 0 Å². The molecule has 0 radical (unpaired) electrons. The maximum absolute atomic E-state index is 13.1. The summed E-state index contributed by atoms with van der Waals surface area (Å²) >= 11 is 0. The number of halogens is 4. The molecule has 2 unspecified atom stereocenters. The van der Waals surface area contributed by atoms with Gasteiger partial charge in [0.2, 0.25) is 5.91 Å². The molecule has 0 aromatic heterocycles. The Hall–Kier alpha value is -1.67. The van der Waals surface area contributed by atoms with E-state index >= 15 is 0 Å². The molecule has 1 aromatic rings. The van der Waals surface area contributed by atoms with Crippen LogP contribution in [0.4, 0.5) is 17.6 Å². The average molecular weight is 253 g/mol. The lowest BCUT2D eigenvalue weighted by atomic mass is 10.0. The van der Waals surface area contributed by atoms with E-state index in [0.29, 0.717) is 0 Å². The Kier molecular flexibility index (Phi) is 3.69. The Morgan fingerprint density at radius 1 is 1.12 bits per heavy atom. The standard InChI is InChI=1S/C9H7F4NO3/c10-2-1-3(11)6(13)4(5(2)12)7(15)8(16)9(14)17/h1,7-8,15-16H,(H2,14,17). The molecular weight excluding hydrogens is 246 g/mol. The lowest BCUT2D eigenvalue weighted by Crippen LogP contribution is -2.35. The molecule has 0 aliphatic heterocycles. The molecule has 0 aliphatic carbocycles. The molecule has 1 aromatic carbocycles. The Morgan fingerprint density at radius 3 is 1.88 bits per heavy atom. The number of aliphatic hydroxyl groups excluding tert-OH is 2. The molecule has 0 aliphatic rings. The van der Waals surface area contributed by atoms with Crippen LogP contribution >= 0.6 is 0 Å². The largest absolute Gasteiger partial charge is 0.385 e. The van der Waals surface area contributed by atoms with Crippen molar-refractivity contribution in [1.82, 2.24) is 0 Å². The summed E-state index contributed by atoms with van der Waals surface area (Å²) in [5.74, 6) is -8.85. The maximum atomic E-state index is 13.1. The fourth-order valence-corrected chi connectivity index (χ4v) is 1.16. The number of hydrogen-bond donors (Lipinski definition) is 3. The maximum Gasteiger partial charge on any atom is 0.249 e. The predicted molar refractivity (Wildman–Crippen MR) is 46.4 cm³/mol. The first-order chi connectivity index (χ1) is 7.77. The highest BCUT2D eigenvalue weighted by Gasteiger charge is 2.32. The van der Waals surface area contributed by atoms with Gasteiger partial charge in [0.1, 0.15) is 6.10 Å². The van der Waals surface area contributed by atoms with Crippen LogP contribution in [-0.2, 0) is 4.79 Å². The molecule has 94 valence electrons. The fourth-order valence-electron chi connectivity index (χ4n) is 1.16. The van der Waals surface area contributed by atoms with Gasteiger partial charge >= 0.3 is 0 Å². The van der Waals surface area contributed by atoms with Crippen molar-refractivity contribution in [1.29, 1.82) is 0 Å². The molecule has 4 nitrogen and oxygen atoms in total. The second kappa shape index (κ2) is 4.68. The van der Waals surface area contributed by atoms with Gasteiger partial charge < -0.3 is 15.9 Å². The van der Waals surface area contributed by atoms with Crippen LogP contribution in [0.2, 0.25) is 0 Å². The van der Waals surface area contributed by atoms with E-state index in [1.807, 2.05) is 0 Å². The number of primary amides is 1. The van der Waals surface area contributed by atoms with Crippen LogP contribution < -0.4 is 5.73 Å².